The van der Waals surface area contributed by atoms with E-state index < -0.39 is 10.0 Å². The molecule has 0 bridgehead atoms. The van der Waals surface area contributed by atoms with Crippen molar-refractivity contribution in [2.75, 3.05) is 0 Å². The van der Waals surface area contributed by atoms with E-state index in [9.17, 15) is 8.42 Å². The molecule has 0 saturated carbocycles. The van der Waals surface area contributed by atoms with Crippen LogP contribution in [-0.4, -0.2) is 14.0 Å². The second kappa shape index (κ2) is 8.00. The van der Waals surface area contributed by atoms with Crippen molar-refractivity contribution in [3.8, 4) is 5.75 Å². The molecule has 0 radical (unpaired) electrons. The van der Waals surface area contributed by atoms with Crippen molar-refractivity contribution < 1.29 is 13.2 Å². The molecule has 4 nitrogen and oxygen atoms in total. The van der Waals surface area contributed by atoms with Gasteiger partial charge in [-0.1, -0.05) is 61.3 Å². The van der Waals surface area contributed by atoms with Crippen LogP contribution in [0.15, 0.2) is 42.5 Å². The van der Waals surface area contributed by atoms with E-state index >= 15 is 0 Å². The number of fused-ring (bicyclic) bond motifs is 1. The largest absolute Gasteiger partial charge is 0.487 e. The van der Waals surface area contributed by atoms with Gasteiger partial charge in [0.15, 0.2) is 0 Å². The normalized spacial score (nSPS) is 18.6. The standard InChI is InChI=1S/C20H23Cl2NO3S/c1-3-20(4-2)12-18(15-7-5-6-8-19(15)26-20)23-27(24,25)13-14-9-10-16(21)17(22)11-14/h5-11,18,23H,3-4,12-13H2,1-2H3. The summed E-state index contributed by atoms with van der Waals surface area (Å²) < 4.78 is 34.8. The molecular formula is C20H23Cl2NO3S. The number of halogens is 2. The molecule has 0 saturated heterocycles. The lowest BCUT2D eigenvalue weighted by molar-refractivity contribution is 0.0260. The summed E-state index contributed by atoms with van der Waals surface area (Å²) in [5.41, 5.74) is 1.09. The molecule has 2 aromatic rings. The molecule has 0 aliphatic carbocycles. The minimum absolute atomic E-state index is 0.158. The summed E-state index contributed by atoms with van der Waals surface area (Å²) in [7, 11) is -3.58. The Labute approximate surface area is 170 Å². The third-order valence-corrected chi connectivity index (χ3v) is 7.24. The Balaban J connectivity index is 1.87. The third-order valence-electron chi connectivity index (χ3n) is 5.15. The van der Waals surface area contributed by atoms with Crippen molar-refractivity contribution in [3.63, 3.8) is 0 Å². The van der Waals surface area contributed by atoms with Crippen molar-refractivity contribution in [2.45, 2.75) is 50.5 Å². The maximum atomic E-state index is 12.8. The Bertz CT molecular complexity index is 927. The summed E-state index contributed by atoms with van der Waals surface area (Å²) in [6, 6.07) is 12.2. The maximum Gasteiger partial charge on any atom is 0.216 e. The van der Waals surface area contributed by atoms with Gasteiger partial charge < -0.3 is 4.74 Å². The number of nitrogens with one attached hydrogen (secondary N) is 1. The fourth-order valence-electron chi connectivity index (χ4n) is 3.51. The van der Waals surface area contributed by atoms with Crippen LogP contribution in [0.3, 0.4) is 0 Å². The molecule has 0 aromatic heterocycles. The fraction of sp³-hybridized carbons (Fsp3) is 0.400. The molecule has 27 heavy (non-hydrogen) atoms. The molecule has 1 N–H and O–H groups in total. The van der Waals surface area contributed by atoms with Crippen LogP contribution in [0, 0.1) is 0 Å². The molecular weight excluding hydrogens is 405 g/mol. The zero-order valence-corrected chi connectivity index (χ0v) is 17.7. The number of ether oxygens (including phenoxy) is 1. The molecule has 1 aliphatic heterocycles. The van der Waals surface area contributed by atoms with E-state index in [1.54, 1.807) is 18.2 Å². The zero-order chi connectivity index (χ0) is 19.7. The molecule has 0 spiro atoms. The highest BCUT2D eigenvalue weighted by Gasteiger charge is 2.39. The van der Waals surface area contributed by atoms with Gasteiger partial charge in [0.1, 0.15) is 11.4 Å². The van der Waals surface area contributed by atoms with Gasteiger partial charge in [0, 0.05) is 12.0 Å². The minimum atomic E-state index is -3.58. The van der Waals surface area contributed by atoms with Crippen LogP contribution in [0.1, 0.15) is 50.3 Å². The molecule has 0 amide bonds. The van der Waals surface area contributed by atoms with E-state index in [4.69, 9.17) is 27.9 Å². The van der Waals surface area contributed by atoms with Gasteiger partial charge in [0.25, 0.3) is 0 Å². The molecule has 0 fully saturated rings. The van der Waals surface area contributed by atoms with E-state index in [-0.39, 0.29) is 17.4 Å². The maximum absolute atomic E-state index is 12.8. The fourth-order valence-corrected chi connectivity index (χ4v) is 5.18. The lowest BCUT2D eigenvalue weighted by atomic mass is 9.84. The van der Waals surface area contributed by atoms with Crippen molar-refractivity contribution >= 4 is 33.2 Å². The van der Waals surface area contributed by atoms with Crippen molar-refractivity contribution in [2.24, 2.45) is 0 Å². The first-order chi connectivity index (χ1) is 12.8. The number of hydrogen-bond acceptors (Lipinski definition) is 3. The number of sulfonamides is 1. The minimum Gasteiger partial charge on any atom is -0.487 e. The van der Waals surface area contributed by atoms with E-state index in [1.807, 2.05) is 24.3 Å². The van der Waals surface area contributed by atoms with Gasteiger partial charge in [-0.3, -0.25) is 0 Å². The monoisotopic (exact) mass is 427 g/mol. The molecule has 2 aromatic carbocycles. The lowest BCUT2D eigenvalue weighted by Crippen LogP contribution is -2.44. The average Bonchev–Trinajstić information content (AvgIpc) is 2.64. The highest BCUT2D eigenvalue weighted by atomic mass is 35.5. The molecule has 7 heteroatoms. The molecule has 3 rings (SSSR count). The van der Waals surface area contributed by atoms with Gasteiger partial charge >= 0.3 is 0 Å². The van der Waals surface area contributed by atoms with Gasteiger partial charge in [-0.05, 0) is 36.6 Å². The first kappa shape index (κ1) is 20.5. The Morgan fingerprint density at radius 1 is 1.11 bits per heavy atom. The summed E-state index contributed by atoms with van der Waals surface area (Å²) in [5, 5.41) is 0.747. The predicted octanol–water partition coefficient (Wildman–Crippen LogP) is 5.50. The van der Waals surface area contributed by atoms with Crippen LogP contribution in [0.2, 0.25) is 10.0 Å². The van der Waals surface area contributed by atoms with E-state index in [2.05, 4.69) is 18.6 Å². The highest BCUT2D eigenvalue weighted by molar-refractivity contribution is 7.88. The predicted molar refractivity (Wildman–Crippen MR) is 110 cm³/mol. The molecule has 1 aliphatic rings. The highest BCUT2D eigenvalue weighted by Crippen LogP contribution is 2.43. The lowest BCUT2D eigenvalue weighted by Gasteiger charge is -2.41. The smallest absolute Gasteiger partial charge is 0.216 e. The average molecular weight is 428 g/mol. The van der Waals surface area contributed by atoms with Crippen molar-refractivity contribution in [1.82, 2.24) is 4.72 Å². The first-order valence-corrected chi connectivity index (χ1v) is 11.4. The van der Waals surface area contributed by atoms with Gasteiger partial charge in [-0.15, -0.1) is 0 Å². The van der Waals surface area contributed by atoms with Crippen LogP contribution in [0.4, 0.5) is 0 Å². The van der Waals surface area contributed by atoms with Gasteiger partial charge in [0.05, 0.1) is 21.8 Å². The summed E-state index contributed by atoms with van der Waals surface area (Å²) >= 11 is 11.9. The number of rotatable bonds is 6. The second-order valence-electron chi connectivity index (χ2n) is 6.91. The van der Waals surface area contributed by atoms with Crippen LogP contribution in [0.25, 0.3) is 0 Å². The summed E-state index contributed by atoms with van der Waals surface area (Å²) in [6.07, 6.45) is 2.21. The topological polar surface area (TPSA) is 55.4 Å². The zero-order valence-electron chi connectivity index (χ0n) is 15.3. The van der Waals surface area contributed by atoms with Crippen LogP contribution < -0.4 is 9.46 Å². The number of benzene rings is 2. The van der Waals surface area contributed by atoms with Crippen LogP contribution in [-0.2, 0) is 15.8 Å². The van der Waals surface area contributed by atoms with Crippen molar-refractivity contribution in [1.29, 1.82) is 0 Å². The SMILES string of the molecule is CCC1(CC)CC(NS(=O)(=O)Cc2ccc(Cl)c(Cl)c2)c2ccccc2O1. The van der Waals surface area contributed by atoms with Gasteiger partial charge in [-0.2, -0.15) is 0 Å². The molecule has 1 unspecified atom stereocenters. The van der Waals surface area contributed by atoms with Crippen LogP contribution >= 0.6 is 23.2 Å². The second-order valence-corrected chi connectivity index (χ2v) is 9.48. The Morgan fingerprint density at radius 2 is 1.81 bits per heavy atom. The van der Waals surface area contributed by atoms with E-state index in [0.717, 1.165) is 24.2 Å². The summed E-state index contributed by atoms with van der Waals surface area (Å²) in [6.45, 7) is 4.14. The molecule has 146 valence electrons. The first-order valence-electron chi connectivity index (χ1n) is 8.99. The number of para-hydroxylation sites is 1. The van der Waals surface area contributed by atoms with Crippen molar-refractivity contribution in [3.05, 3.63) is 63.6 Å². The molecule has 1 heterocycles. The van der Waals surface area contributed by atoms with Gasteiger partial charge in [-0.25, -0.2) is 13.1 Å². The Morgan fingerprint density at radius 3 is 2.48 bits per heavy atom. The Kier molecular flexibility index (Phi) is 6.06. The Hall–Kier alpha value is -1.27. The third kappa shape index (κ3) is 4.60. The molecule has 1 atom stereocenters. The summed E-state index contributed by atoms with van der Waals surface area (Å²) in [4.78, 5) is 0. The quantitative estimate of drug-likeness (QED) is 0.662. The van der Waals surface area contributed by atoms with Crippen LogP contribution in [0.5, 0.6) is 5.75 Å². The van der Waals surface area contributed by atoms with E-state index in [1.165, 1.54) is 0 Å². The number of hydrogen-bond donors (Lipinski definition) is 1. The summed E-state index contributed by atoms with van der Waals surface area (Å²) in [5.74, 6) is 0.587. The van der Waals surface area contributed by atoms with Gasteiger partial charge in [0.2, 0.25) is 10.0 Å². The van der Waals surface area contributed by atoms with E-state index in [0.29, 0.717) is 22.0 Å².